The second-order valence-corrected chi connectivity index (χ2v) is 2.86. The van der Waals surface area contributed by atoms with Crippen LogP contribution in [0.4, 0.5) is 0 Å². The SMILES string of the molecule is Cc1nccc(-c2ccccc2)n1. The van der Waals surface area contributed by atoms with Crippen LogP contribution in [0.2, 0.25) is 0 Å². The average molecular weight is 170 g/mol. The molecule has 2 aromatic rings. The zero-order chi connectivity index (χ0) is 9.10. The van der Waals surface area contributed by atoms with Crippen LogP contribution in [0.15, 0.2) is 42.6 Å². The van der Waals surface area contributed by atoms with Gasteiger partial charge in [0.1, 0.15) is 5.82 Å². The van der Waals surface area contributed by atoms with E-state index in [2.05, 4.69) is 9.97 Å². The molecule has 0 saturated carbocycles. The number of benzene rings is 1. The molecule has 0 amide bonds. The summed E-state index contributed by atoms with van der Waals surface area (Å²) in [5.41, 5.74) is 2.11. The number of hydrogen-bond donors (Lipinski definition) is 0. The van der Waals surface area contributed by atoms with Crippen molar-refractivity contribution in [1.29, 1.82) is 0 Å². The first-order valence-corrected chi connectivity index (χ1v) is 4.21. The maximum atomic E-state index is 4.33. The molecule has 13 heavy (non-hydrogen) atoms. The summed E-state index contributed by atoms with van der Waals surface area (Å²) in [5.74, 6) is 0.807. The van der Waals surface area contributed by atoms with Gasteiger partial charge in [0.2, 0.25) is 0 Å². The zero-order valence-corrected chi connectivity index (χ0v) is 7.44. The molecule has 0 atom stereocenters. The fourth-order valence-electron chi connectivity index (χ4n) is 1.23. The Morgan fingerprint density at radius 1 is 1.00 bits per heavy atom. The smallest absolute Gasteiger partial charge is 0.125 e. The van der Waals surface area contributed by atoms with E-state index in [1.807, 2.05) is 43.3 Å². The molecule has 2 nitrogen and oxygen atoms in total. The topological polar surface area (TPSA) is 25.8 Å². The second-order valence-electron chi connectivity index (χ2n) is 2.86. The molecule has 0 radical (unpaired) electrons. The van der Waals surface area contributed by atoms with Crippen LogP contribution in [0.3, 0.4) is 0 Å². The zero-order valence-electron chi connectivity index (χ0n) is 7.44. The molecule has 0 N–H and O–H groups in total. The van der Waals surface area contributed by atoms with Gasteiger partial charge in [0.05, 0.1) is 5.69 Å². The summed E-state index contributed by atoms with van der Waals surface area (Å²) >= 11 is 0. The Hall–Kier alpha value is -1.70. The monoisotopic (exact) mass is 170 g/mol. The first-order chi connectivity index (χ1) is 6.36. The average Bonchev–Trinajstić information content (AvgIpc) is 2.19. The highest BCUT2D eigenvalue weighted by molar-refractivity contribution is 5.58. The van der Waals surface area contributed by atoms with E-state index >= 15 is 0 Å². The van der Waals surface area contributed by atoms with E-state index in [4.69, 9.17) is 0 Å². The molecular weight excluding hydrogens is 160 g/mol. The Bertz CT molecular complexity index is 396. The van der Waals surface area contributed by atoms with E-state index in [1.165, 1.54) is 0 Å². The van der Waals surface area contributed by atoms with Gasteiger partial charge < -0.3 is 0 Å². The van der Waals surface area contributed by atoms with Crippen molar-refractivity contribution in [3.63, 3.8) is 0 Å². The Kier molecular flexibility index (Phi) is 2.04. The number of hydrogen-bond acceptors (Lipinski definition) is 2. The van der Waals surface area contributed by atoms with E-state index in [0.717, 1.165) is 17.1 Å². The van der Waals surface area contributed by atoms with Crippen molar-refractivity contribution in [3.05, 3.63) is 48.4 Å². The highest BCUT2D eigenvalue weighted by atomic mass is 14.9. The number of nitrogens with zero attached hydrogens (tertiary/aromatic N) is 2. The summed E-state index contributed by atoms with van der Waals surface area (Å²) in [7, 11) is 0. The normalized spacial score (nSPS) is 9.92. The molecule has 2 rings (SSSR count). The fraction of sp³-hybridized carbons (Fsp3) is 0.0909. The van der Waals surface area contributed by atoms with E-state index in [-0.39, 0.29) is 0 Å². The third-order valence-corrected chi connectivity index (χ3v) is 1.85. The van der Waals surface area contributed by atoms with Crippen molar-refractivity contribution >= 4 is 0 Å². The maximum absolute atomic E-state index is 4.33. The second kappa shape index (κ2) is 3.35. The summed E-state index contributed by atoms with van der Waals surface area (Å²) in [6.45, 7) is 1.90. The molecule has 1 aromatic heterocycles. The molecule has 1 heterocycles. The lowest BCUT2D eigenvalue weighted by molar-refractivity contribution is 1.06. The Balaban J connectivity index is 2.48. The van der Waals surface area contributed by atoms with E-state index in [0.29, 0.717) is 0 Å². The summed E-state index contributed by atoms with van der Waals surface area (Å²) in [6.07, 6.45) is 1.78. The van der Waals surface area contributed by atoms with Crippen molar-refractivity contribution in [3.8, 4) is 11.3 Å². The first kappa shape index (κ1) is 7.92. The van der Waals surface area contributed by atoms with Crippen LogP contribution in [0, 0.1) is 6.92 Å². The predicted octanol–water partition coefficient (Wildman–Crippen LogP) is 2.45. The molecule has 0 aliphatic heterocycles. The van der Waals surface area contributed by atoms with Gasteiger partial charge in [-0.3, -0.25) is 0 Å². The van der Waals surface area contributed by atoms with Crippen LogP contribution in [-0.4, -0.2) is 9.97 Å². The molecule has 0 aliphatic rings. The minimum atomic E-state index is 0.807. The Labute approximate surface area is 77.3 Å². The lowest BCUT2D eigenvalue weighted by Crippen LogP contribution is -1.88. The van der Waals surface area contributed by atoms with Gasteiger partial charge in [-0.15, -0.1) is 0 Å². The van der Waals surface area contributed by atoms with Crippen LogP contribution in [0.1, 0.15) is 5.82 Å². The van der Waals surface area contributed by atoms with Gasteiger partial charge in [-0.1, -0.05) is 30.3 Å². The molecular formula is C11H10N2. The van der Waals surface area contributed by atoms with E-state index < -0.39 is 0 Å². The molecule has 64 valence electrons. The number of rotatable bonds is 1. The minimum absolute atomic E-state index is 0.807. The van der Waals surface area contributed by atoms with Crippen molar-refractivity contribution in [2.75, 3.05) is 0 Å². The highest BCUT2D eigenvalue weighted by Crippen LogP contribution is 2.14. The highest BCUT2D eigenvalue weighted by Gasteiger charge is 1.97. The Morgan fingerprint density at radius 3 is 2.46 bits per heavy atom. The Morgan fingerprint density at radius 2 is 1.77 bits per heavy atom. The number of aryl methyl sites for hydroxylation is 1. The van der Waals surface area contributed by atoms with Crippen molar-refractivity contribution in [2.45, 2.75) is 6.92 Å². The lowest BCUT2D eigenvalue weighted by Gasteiger charge is -1.99. The largest absolute Gasteiger partial charge is 0.242 e. The van der Waals surface area contributed by atoms with Gasteiger partial charge in [0, 0.05) is 11.8 Å². The van der Waals surface area contributed by atoms with Crippen LogP contribution >= 0.6 is 0 Å². The number of aromatic nitrogens is 2. The van der Waals surface area contributed by atoms with Crippen LogP contribution < -0.4 is 0 Å². The van der Waals surface area contributed by atoms with Gasteiger partial charge in [-0.25, -0.2) is 9.97 Å². The molecule has 0 aliphatic carbocycles. The molecule has 1 aromatic carbocycles. The predicted molar refractivity (Wildman–Crippen MR) is 52.2 cm³/mol. The molecule has 0 fully saturated rings. The summed E-state index contributed by atoms with van der Waals surface area (Å²) < 4.78 is 0. The van der Waals surface area contributed by atoms with Gasteiger partial charge in [0.15, 0.2) is 0 Å². The molecule has 0 spiro atoms. The van der Waals surface area contributed by atoms with Gasteiger partial charge in [-0.2, -0.15) is 0 Å². The quantitative estimate of drug-likeness (QED) is 0.657. The standard InChI is InChI=1S/C11H10N2/c1-9-12-8-7-11(13-9)10-5-3-2-4-6-10/h2-8H,1H3. The van der Waals surface area contributed by atoms with Crippen LogP contribution in [-0.2, 0) is 0 Å². The van der Waals surface area contributed by atoms with Crippen molar-refractivity contribution in [2.24, 2.45) is 0 Å². The molecule has 0 bridgehead atoms. The van der Waals surface area contributed by atoms with Crippen molar-refractivity contribution < 1.29 is 0 Å². The third-order valence-electron chi connectivity index (χ3n) is 1.85. The third kappa shape index (κ3) is 1.72. The van der Waals surface area contributed by atoms with Crippen molar-refractivity contribution in [1.82, 2.24) is 9.97 Å². The maximum Gasteiger partial charge on any atom is 0.125 e. The lowest BCUT2D eigenvalue weighted by atomic mass is 10.1. The first-order valence-electron chi connectivity index (χ1n) is 4.21. The van der Waals surface area contributed by atoms with Gasteiger partial charge >= 0.3 is 0 Å². The molecule has 0 unspecified atom stereocenters. The van der Waals surface area contributed by atoms with Gasteiger partial charge in [-0.05, 0) is 13.0 Å². The van der Waals surface area contributed by atoms with E-state index in [1.54, 1.807) is 6.20 Å². The molecule has 0 saturated heterocycles. The van der Waals surface area contributed by atoms with Crippen LogP contribution in [0.25, 0.3) is 11.3 Å². The summed E-state index contributed by atoms with van der Waals surface area (Å²) in [5, 5.41) is 0. The fourth-order valence-corrected chi connectivity index (χ4v) is 1.23. The van der Waals surface area contributed by atoms with Crippen LogP contribution in [0.5, 0.6) is 0 Å². The summed E-state index contributed by atoms with van der Waals surface area (Å²) in [6, 6.07) is 12.0. The summed E-state index contributed by atoms with van der Waals surface area (Å²) in [4.78, 5) is 8.39. The molecule has 2 heteroatoms. The van der Waals surface area contributed by atoms with E-state index in [9.17, 15) is 0 Å². The van der Waals surface area contributed by atoms with Gasteiger partial charge in [0.25, 0.3) is 0 Å². The minimum Gasteiger partial charge on any atom is -0.242 e.